The van der Waals surface area contributed by atoms with Crippen LogP contribution in [-0.2, 0) is 16.0 Å². The summed E-state index contributed by atoms with van der Waals surface area (Å²) in [5.41, 5.74) is 2.36. The van der Waals surface area contributed by atoms with Crippen molar-refractivity contribution in [1.82, 2.24) is 4.90 Å². The molecule has 0 radical (unpaired) electrons. The van der Waals surface area contributed by atoms with Gasteiger partial charge in [0, 0.05) is 16.6 Å². The lowest BCUT2D eigenvalue weighted by molar-refractivity contribution is -0.139. The molecule has 0 spiro atoms. The van der Waals surface area contributed by atoms with Crippen molar-refractivity contribution in [2.75, 3.05) is 13.2 Å². The number of hydrogen-bond acceptors (Lipinski definition) is 4. The number of amides is 1. The van der Waals surface area contributed by atoms with Gasteiger partial charge in [0.25, 0.3) is 11.7 Å². The quantitative estimate of drug-likeness (QED) is 0.228. The fraction of sp³-hybridized carbons (Fsp3) is 0.214. The highest BCUT2D eigenvalue weighted by Crippen LogP contribution is 2.40. The van der Waals surface area contributed by atoms with Gasteiger partial charge in [-0.25, -0.2) is 0 Å². The predicted molar refractivity (Wildman–Crippen MR) is 136 cm³/mol. The lowest BCUT2D eigenvalue weighted by Gasteiger charge is -2.25. The van der Waals surface area contributed by atoms with E-state index in [1.54, 1.807) is 29.2 Å². The van der Waals surface area contributed by atoms with Gasteiger partial charge in [-0.15, -0.1) is 0 Å². The Balaban J connectivity index is 1.75. The highest BCUT2D eigenvalue weighted by Gasteiger charge is 2.45. The summed E-state index contributed by atoms with van der Waals surface area (Å²) >= 11 is 3.44. The van der Waals surface area contributed by atoms with Crippen LogP contribution in [0.4, 0.5) is 0 Å². The molecule has 0 saturated carbocycles. The zero-order chi connectivity index (χ0) is 24.1. The maximum absolute atomic E-state index is 13.2. The van der Waals surface area contributed by atoms with E-state index in [2.05, 4.69) is 15.9 Å². The van der Waals surface area contributed by atoms with E-state index < -0.39 is 17.7 Å². The van der Waals surface area contributed by atoms with Crippen LogP contribution >= 0.6 is 15.9 Å². The second-order valence-corrected chi connectivity index (χ2v) is 9.07. The third kappa shape index (κ3) is 5.07. The molecule has 1 aliphatic rings. The Bertz CT molecular complexity index is 1200. The van der Waals surface area contributed by atoms with Crippen LogP contribution in [0.15, 0.2) is 88.9 Å². The first-order valence-corrected chi connectivity index (χ1v) is 12.1. The molecule has 0 bridgehead atoms. The fourth-order valence-electron chi connectivity index (χ4n) is 4.11. The number of ether oxygens (including phenoxy) is 1. The van der Waals surface area contributed by atoms with E-state index in [4.69, 9.17) is 4.74 Å². The van der Waals surface area contributed by atoms with Crippen molar-refractivity contribution in [2.45, 2.75) is 25.8 Å². The molecule has 0 aromatic heterocycles. The van der Waals surface area contributed by atoms with Gasteiger partial charge in [0.15, 0.2) is 0 Å². The van der Waals surface area contributed by atoms with Gasteiger partial charge in [0.05, 0.1) is 18.2 Å². The minimum absolute atomic E-state index is 0.0908. The Morgan fingerprint density at radius 3 is 2.44 bits per heavy atom. The standard InChI is InChI=1S/C28H26BrNO4/c1-2-17-34-23-10-6-9-21(18-23)26(31)24-25(20-11-13-22(29)14-12-20)30(28(33)27(24)32)16-15-19-7-4-3-5-8-19/h3-14,18,25,31H,2,15-17H2,1H3. The molecule has 1 N–H and O–H groups in total. The number of aliphatic hydroxyl groups is 1. The number of aliphatic hydroxyl groups excluding tert-OH is 1. The number of rotatable bonds is 8. The second-order valence-electron chi connectivity index (χ2n) is 8.16. The third-order valence-electron chi connectivity index (χ3n) is 5.79. The van der Waals surface area contributed by atoms with Gasteiger partial charge in [0.2, 0.25) is 0 Å². The van der Waals surface area contributed by atoms with E-state index in [1.165, 1.54) is 0 Å². The molecule has 3 aromatic carbocycles. The van der Waals surface area contributed by atoms with Crippen LogP contribution in [-0.4, -0.2) is 34.8 Å². The molecular weight excluding hydrogens is 494 g/mol. The van der Waals surface area contributed by atoms with Crippen LogP contribution in [0, 0.1) is 0 Å². The van der Waals surface area contributed by atoms with Crippen LogP contribution in [0.3, 0.4) is 0 Å². The van der Waals surface area contributed by atoms with Crippen molar-refractivity contribution in [3.05, 3.63) is 106 Å². The SMILES string of the molecule is CCCOc1cccc(C(O)=C2C(=O)C(=O)N(CCc3ccccc3)C2c2ccc(Br)cc2)c1. The van der Waals surface area contributed by atoms with Gasteiger partial charge in [-0.3, -0.25) is 9.59 Å². The van der Waals surface area contributed by atoms with Gasteiger partial charge in [0.1, 0.15) is 11.5 Å². The van der Waals surface area contributed by atoms with E-state index in [1.807, 2.05) is 61.5 Å². The number of hydrogen-bond donors (Lipinski definition) is 1. The summed E-state index contributed by atoms with van der Waals surface area (Å²) in [6.07, 6.45) is 1.45. The van der Waals surface area contributed by atoms with Crippen molar-refractivity contribution >= 4 is 33.4 Å². The van der Waals surface area contributed by atoms with Crippen molar-refractivity contribution < 1.29 is 19.4 Å². The fourth-order valence-corrected chi connectivity index (χ4v) is 4.37. The predicted octanol–water partition coefficient (Wildman–Crippen LogP) is 5.90. The van der Waals surface area contributed by atoms with Gasteiger partial charge in [-0.05, 0) is 48.2 Å². The van der Waals surface area contributed by atoms with Gasteiger partial charge < -0.3 is 14.7 Å². The van der Waals surface area contributed by atoms with Crippen molar-refractivity contribution in [3.8, 4) is 5.75 Å². The number of likely N-dealkylation sites (tertiary alicyclic amines) is 1. The average molecular weight is 520 g/mol. The Kier molecular flexibility index (Phi) is 7.48. The maximum atomic E-state index is 13.2. The summed E-state index contributed by atoms with van der Waals surface area (Å²) in [6.45, 7) is 2.91. The second kappa shape index (κ2) is 10.7. The van der Waals surface area contributed by atoms with Crippen molar-refractivity contribution in [3.63, 3.8) is 0 Å². The lowest BCUT2D eigenvalue weighted by atomic mass is 9.95. The lowest BCUT2D eigenvalue weighted by Crippen LogP contribution is -2.31. The molecule has 1 atom stereocenters. The molecule has 0 aliphatic carbocycles. The largest absolute Gasteiger partial charge is 0.507 e. The van der Waals surface area contributed by atoms with E-state index >= 15 is 0 Å². The molecule has 1 amide bonds. The monoisotopic (exact) mass is 519 g/mol. The van der Waals surface area contributed by atoms with Crippen molar-refractivity contribution in [2.24, 2.45) is 0 Å². The summed E-state index contributed by atoms with van der Waals surface area (Å²) in [4.78, 5) is 27.9. The summed E-state index contributed by atoms with van der Waals surface area (Å²) in [5.74, 6) is -0.887. The summed E-state index contributed by atoms with van der Waals surface area (Å²) in [7, 11) is 0. The molecule has 4 rings (SSSR count). The van der Waals surface area contributed by atoms with Crippen LogP contribution < -0.4 is 4.74 Å². The third-order valence-corrected chi connectivity index (χ3v) is 6.32. The van der Waals surface area contributed by atoms with Crippen LogP contribution in [0.2, 0.25) is 0 Å². The smallest absolute Gasteiger partial charge is 0.295 e. The van der Waals surface area contributed by atoms with Crippen molar-refractivity contribution in [1.29, 1.82) is 0 Å². The van der Waals surface area contributed by atoms with Gasteiger partial charge >= 0.3 is 0 Å². The summed E-state index contributed by atoms with van der Waals surface area (Å²) in [6, 6.07) is 23.6. The van der Waals surface area contributed by atoms with Gasteiger partial charge in [-0.2, -0.15) is 0 Å². The van der Waals surface area contributed by atoms with Crippen LogP contribution in [0.1, 0.15) is 36.1 Å². The first-order valence-electron chi connectivity index (χ1n) is 11.3. The number of carbonyl (C=O) groups is 2. The molecule has 5 nitrogen and oxygen atoms in total. The first-order chi connectivity index (χ1) is 16.5. The molecule has 1 aliphatic heterocycles. The maximum Gasteiger partial charge on any atom is 0.295 e. The molecule has 34 heavy (non-hydrogen) atoms. The molecular formula is C28H26BrNO4. The summed E-state index contributed by atoms with van der Waals surface area (Å²) in [5, 5.41) is 11.3. The number of carbonyl (C=O) groups excluding carboxylic acids is 2. The summed E-state index contributed by atoms with van der Waals surface area (Å²) < 4.78 is 6.58. The number of halogens is 1. The number of nitrogens with zero attached hydrogens (tertiary/aromatic N) is 1. The number of ketones is 1. The first kappa shape index (κ1) is 23.8. The molecule has 174 valence electrons. The highest BCUT2D eigenvalue weighted by atomic mass is 79.9. The molecule has 1 fully saturated rings. The molecule has 1 heterocycles. The Morgan fingerprint density at radius 2 is 1.74 bits per heavy atom. The molecule has 6 heteroatoms. The van der Waals surface area contributed by atoms with E-state index in [-0.39, 0.29) is 11.3 Å². The Labute approximate surface area is 207 Å². The Hall–Kier alpha value is -3.38. The number of Topliss-reactive ketones (excluding diaryl/α,β-unsaturated/α-hetero) is 1. The average Bonchev–Trinajstić information content (AvgIpc) is 3.12. The van der Waals surface area contributed by atoms with E-state index in [0.717, 1.165) is 22.0 Å². The Morgan fingerprint density at radius 1 is 1.00 bits per heavy atom. The van der Waals surface area contributed by atoms with Crippen LogP contribution in [0.5, 0.6) is 5.75 Å². The van der Waals surface area contributed by atoms with Gasteiger partial charge in [-0.1, -0.05) is 77.5 Å². The number of benzene rings is 3. The van der Waals surface area contributed by atoms with Crippen LogP contribution in [0.25, 0.3) is 5.76 Å². The minimum atomic E-state index is -0.683. The molecule has 3 aromatic rings. The topological polar surface area (TPSA) is 66.8 Å². The minimum Gasteiger partial charge on any atom is -0.507 e. The van der Waals surface area contributed by atoms with E-state index in [0.29, 0.717) is 30.9 Å². The normalized spacial score (nSPS) is 17.2. The van der Waals surface area contributed by atoms with E-state index in [9.17, 15) is 14.7 Å². The highest BCUT2D eigenvalue weighted by molar-refractivity contribution is 9.10. The molecule has 1 unspecified atom stereocenters. The zero-order valence-corrected chi connectivity index (χ0v) is 20.5. The zero-order valence-electron chi connectivity index (χ0n) is 18.9. The molecule has 1 saturated heterocycles.